The molecule has 3 N–H and O–H groups in total. The van der Waals surface area contributed by atoms with Crippen molar-refractivity contribution in [3.8, 4) is 16.9 Å². The van der Waals surface area contributed by atoms with Crippen LogP contribution in [0.3, 0.4) is 0 Å². The minimum atomic E-state index is -4.65. The lowest BCUT2D eigenvalue weighted by Gasteiger charge is -2.37. The van der Waals surface area contributed by atoms with Crippen LogP contribution in [0.5, 0.6) is 5.75 Å². The highest BCUT2D eigenvalue weighted by molar-refractivity contribution is 5.64. The number of nitrogens with zero attached hydrogens (tertiary/aromatic N) is 2. The molecule has 4 rings (SSSR count). The van der Waals surface area contributed by atoms with Gasteiger partial charge >= 0.3 is 6.18 Å². The number of hydrogen-bond acceptors (Lipinski definition) is 7. The molecule has 7 nitrogen and oxygen atoms in total. The van der Waals surface area contributed by atoms with Crippen molar-refractivity contribution < 1.29 is 32.9 Å². The molecule has 1 fully saturated rings. The number of aromatic nitrogens is 2. The van der Waals surface area contributed by atoms with E-state index in [1.165, 1.54) is 5.56 Å². The van der Waals surface area contributed by atoms with E-state index < -0.39 is 36.2 Å². The first kappa shape index (κ1) is 24.9. The lowest BCUT2D eigenvalue weighted by Crippen LogP contribution is -2.57. The Morgan fingerprint density at radius 2 is 1.66 bits per heavy atom. The van der Waals surface area contributed by atoms with Gasteiger partial charge in [0, 0.05) is 0 Å². The van der Waals surface area contributed by atoms with E-state index in [1.54, 1.807) is 0 Å². The van der Waals surface area contributed by atoms with Crippen molar-refractivity contribution in [3.05, 3.63) is 72.2 Å². The second-order valence-corrected chi connectivity index (χ2v) is 8.28. The zero-order valence-corrected chi connectivity index (χ0v) is 18.9. The molecule has 0 saturated carbocycles. The number of aliphatic hydroxyl groups is 2. The molecular weight excluding hydrogens is 463 g/mol. The van der Waals surface area contributed by atoms with E-state index >= 15 is 0 Å². The average molecular weight is 489 g/mol. The molecule has 4 atom stereocenters. The molecular formula is C25H26F3N3O4. The van der Waals surface area contributed by atoms with Crippen LogP contribution in [0.1, 0.15) is 18.2 Å². The van der Waals surface area contributed by atoms with Gasteiger partial charge in [0.2, 0.25) is 0 Å². The zero-order valence-electron chi connectivity index (χ0n) is 18.9. The molecule has 2 aromatic carbocycles. The van der Waals surface area contributed by atoms with Crippen LogP contribution in [0.15, 0.2) is 60.9 Å². The number of ether oxygens (including phenoxy) is 2. The minimum absolute atomic E-state index is 0.0150. The summed E-state index contributed by atoms with van der Waals surface area (Å²) >= 11 is 0. The molecule has 186 valence electrons. The van der Waals surface area contributed by atoms with E-state index in [9.17, 15) is 23.4 Å². The van der Waals surface area contributed by atoms with Crippen LogP contribution < -0.4 is 10.1 Å². The van der Waals surface area contributed by atoms with Gasteiger partial charge in [0.1, 0.15) is 36.5 Å². The van der Waals surface area contributed by atoms with Gasteiger partial charge in [-0.2, -0.15) is 13.2 Å². The minimum Gasteiger partial charge on any atom is -0.491 e. The molecule has 1 saturated heterocycles. The van der Waals surface area contributed by atoms with Gasteiger partial charge in [-0.3, -0.25) is 4.98 Å². The maximum Gasteiger partial charge on any atom is 0.434 e. The number of aliphatic hydroxyl groups excluding tert-OH is 2. The van der Waals surface area contributed by atoms with E-state index in [4.69, 9.17) is 9.47 Å². The quantitative estimate of drug-likeness (QED) is 0.466. The Kier molecular flexibility index (Phi) is 7.54. The van der Waals surface area contributed by atoms with E-state index in [0.717, 1.165) is 23.7 Å². The fraction of sp³-hybridized carbons (Fsp3) is 0.360. The molecule has 1 aliphatic heterocycles. The van der Waals surface area contributed by atoms with Crippen molar-refractivity contribution >= 4 is 5.82 Å². The molecule has 0 unspecified atom stereocenters. The monoisotopic (exact) mass is 489 g/mol. The van der Waals surface area contributed by atoms with Gasteiger partial charge < -0.3 is 25.0 Å². The third kappa shape index (κ3) is 6.08. The van der Waals surface area contributed by atoms with Crippen LogP contribution in [-0.4, -0.2) is 57.7 Å². The maximum absolute atomic E-state index is 12.8. The highest BCUT2D eigenvalue weighted by Gasteiger charge is 2.39. The summed E-state index contributed by atoms with van der Waals surface area (Å²) in [5.41, 5.74) is 2.23. The molecule has 0 bridgehead atoms. The number of rotatable bonds is 7. The van der Waals surface area contributed by atoms with Crippen LogP contribution in [0.4, 0.5) is 19.0 Å². The van der Waals surface area contributed by atoms with Crippen LogP contribution in [-0.2, 0) is 17.3 Å². The summed E-state index contributed by atoms with van der Waals surface area (Å²) in [7, 11) is 0. The predicted molar refractivity (Wildman–Crippen MR) is 123 cm³/mol. The van der Waals surface area contributed by atoms with Gasteiger partial charge in [-0.05, 0) is 35.2 Å². The van der Waals surface area contributed by atoms with Crippen LogP contribution in [0.2, 0.25) is 0 Å². The zero-order chi connectivity index (χ0) is 25.0. The van der Waals surface area contributed by atoms with E-state index in [1.807, 2.05) is 24.3 Å². The van der Waals surface area contributed by atoms with Gasteiger partial charge in [-0.25, -0.2) is 4.98 Å². The van der Waals surface area contributed by atoms with Gasteiger partial charge in [-0.1, -0.05) is 43.3 Å². The summed E-state index contributed by atoms with van der Waals surface area (Å²) in [5, 5.41) is 23.6. The molecule has 0 radical (unpaired) electrons. The Morgan fingerprint density at radius 1 is 1.00 bits per heavy atom. The topological polar surface area (TPSA) is 96.7 Å². The molecule has 1 aromatic heterocycles. The lowest BCUT2D eigenvalue weighted by molar-refractivity contribution is -0.150. The van der Waals surface area contributed by atoms with Crippen molar-refractivity contribution in [1.29, 1.82) is 0 Å². The third-order valence-corrected chi connectivity index (χ3v) is 5.86. The number of nitrogens with one attached hydrogen (secondary N) is 1. The lowest BCUT2D eigenvalue weighted by atomic mass is 9.98. The van der Waals surface area contributed by atoms with Crippen LogP contribution >= 0.6 is 0 Å². The van der Waals surface area contributed by atoms with Gasteiger partial charge in [-0.15, -0.1) is 0 Å². The molecule has 2 heterocycles. The Bertz CT molecular complexity index is 1110. The van der Waals surface area contributed by atoms with Crippen molar-refractivity contribution in [3.63, 3.8) is 0 Å². The average Bonchev–Trinajstić information content (AvgIpc) is 2.86. The Labute approximate surface area is 200 Å². The second kappa shape index (κ2) is 10.6. The van der Waals surface area contributed by atoms with Gasteiger partial charge in [0.15, 0.2) is 5.69 Å². The smallest absolute Gasteiger partial charge is 0.434 e. The third-order valence-electron chi connectivity index (χ3n) is 5.86. The molecule has 0 aliphatic carbocycles. The van der Waals surface area contributed by atoms with Gasteiger partial charge in [0.05, 0.1) is 25.0 Å². The largest absolute Gasteiger partial charge is 0.491 e. The summed E-state index contributed by atoms with van der Waals surface area (Å²) < 4.78 is 49.9. The highest BCUT2D eigenvalue weighted by atomic mass is 19.4. The number of halogens is 3. The molecule has 0 spiro atoms. The van der Waals surface area contributed by atoms with E-state index in [0.29, 0.717) is 11.9 Å². The molecule has 0 amide bonds. The fourth-order valence-corrected chi connectivity index (χ4v) is 3.77. The fourth-order valence-electron chi connectivity index (χ4n) is 3.77. The second-order valence-electron chi connectivity index (χ2n) is 8.28. The number of anilines is 1. The number of benzene rings is 2. The summed E-state index contributed by atoms with van der Waals surface area (Å²) in [4.78, 5) is 6.98. The predicted octanol–water partition coefficient (Wildman–Crippen LogP) is 3.70. The molecule has 3 aromatic rings. The number of hydrogen-bond donors (Lipinski definition) is 3. The normalized spacial score (nSPS) is 22.6. The van der Waals surface area contributed by atoms with E-state index in [-0.39, 0.29) is 19.0 Å². The van der Waals surface area contributed by atoms with Gasteiger partial charge in [0.25, 0.3) is 0 Å². The maximum atomic E-state index is 12.8. The van der Waals surface area contributed by atoms with Crippen LogP contribution in [0.25, 0.3) is 11.1 Å². The number of alkyl halides is 3. The van der Waals surface area contributed by atoms with Crippen molar-refractivity contribution in [2.45, 2.75) is 43.9 Å². The molecule has 35 heavy (non-hydrogen) atoms. The summed E-state index contributed by atoms with van der Waals surface area (Å²) in [6.45, 7) is 2.02. The number of aryl methyl sites for hydroxylation is 1. The standard InChI is InChI=1S/C25H26F3N3O4/c1-2-15-3-5-16(6-4-15)17-7-9-18(10-8-17)34-14-20-24(33)23(32)19(13-35-20)30-22-12-29-11-21(31-22)25(26,27)28/h3-12,19-20,23-24,32-33H,2,13-14H2,1H3,(H,30,31)/t19-,20+,23+,24-/m0/s1. The Morgan fingerprint density at radius 3 is 2.29 bits per heavy atom. The first-order chi connectivity index (χ1) is 16.7. The summed E-state index contributed by atoms with van der Waals surface area (Å²) in [6, 6.07) is 14.9. The van der Waals surface area contributed by atoms with E-state index in [2.05, 4.69) is 46.5 Å². The first-order valence-electron chi connectivity index (χ1n) is 11.2. The highest BCUT2D eigenvalue weighted by Crippen LogP contribution is 2.28. The molecule has 10 heteroatoms. The van der Waals surface area contributed by atoms with Crippen LogP contribution in [0, 0.1) is 0 Å². The van der Waals surface area contributed by atoms with Crippen molar-refractivity contribution in [1.82, 2.24) is 9.97 Å². The molecule has 1 aliphatic rings. The SMILES string of the molecule is CCc1ccc(-c2ccc(OC[C@H]3OC[C@H](Nc4cncc(C(F)(F)F)n4)[C@@H](O)[C@H]3O)cc2)cc1. The summed E-state index contributed by atoms with van der Waals surface area (Å²) in [6.07, 6.45) is -5.42. The Hall–Kier alpha value is -3.21. The van der Waals surface area contributed by atoms with Crippen molar-refractivity contribution in [2.75, 3.05) is 18.5 Å². The first-order valence-corrected chi connectivity index (χ1v) is 11.2. The Balaban J connectivity index is 1.31. The van der Waals surface area contributed by atoms with Crippen molar-refractivity contribution in [2.24, 2.45) is 0 Å². The summed E-state index contributed by atoms with van der Waals surface area (Å²) in [5.74, 6) is 0.391.